The Morgan fingerprint density at radius 1 is 0.963 bits per heavy atom. The van der Waals surface area contributed by atoms with Crippen LogP contribution in [-0.4, -0.2) is 11.8 Å². The summed E-state index contributed by atoms with van der Waals surface area (Å²) in [6, 6.07) is 13.0. The quantitative estimate of drug-likeness (QED) is 0.702. The molecule has 2 amide bonds. The lowest BCUT2D eigenvalue weighted by molar-refractivity contribution is -0.131. The molecule has 2 aromatic carbocycles. The molecular formula is C22H25ClN2O2. The van der Waals surface area contributed by atoms with Gasteiger partial charge in [-0.15, -0.1) is 0 Å². The summed E-state index contributed by atoms with van der Waals surface area (Å²) in [6.07, 6.45) is 1.10. The second-order valence-electron chi connectivity index (χ2n) is 8.25. The summed E-state index contributed by atoms with van der Waals surface area (Å²) in [7, 11) is 0. The SMILES string of the molecule is Cc1cc(Cl)ccc1NC(=O)C1(C(=O)Nc2ccccc2C(C)(C)C)CC1. The van der Waals surface area contributed by atoms with Crippen LogP contribution < -0.4 is 10.6 Å². The van der Waals surface area contributed by atoms with Gasteiger partial charge >= 0.3 is 0 Å². The Labute approximate surface area is 165 Å². The highest BCUT2D eigenvalue weighted by Gasteiger charge is 2.56. The lowest BCUT2D eigenvalue weighted by atomic mass is 9.85. The Morgan fingerprint density at radius 3 is 2.11 bits per heavy atom. The van der Waals surface area contributed by atoms with Gasteiger partial charge in [-0.2, -0.15) is 0 Å². The number of benzene rings is 2. The van der Waals surface area contributed by atoms with Crippen molar-refractivity contribution < 1.29 is 9.59 Å². The summed E-state index contributed by atoms with van der Waals surface area (Å²) >= 11 is 5.97. The minimum atomic E-state index is -1.00. The Kier molecular flexibility index (Phi) is 5.04. The zero-order valence-corrected chi connectivity index (χ0v) is 16.9. The summed E-state index contributed by atoms with van der Waals surface area (Å²) in [5.74, 6) is -0.512. The molecule has 2 N–H and O–H groups in total. The van der Waals surface area contributed by atoms with Gasteiger partial charge in [-0.05, 0) is 60.6 Å². The molecule has 1 saturated carbocycles. The predicted octanol–water partition coefficient (Wildman–Crippen LogP) is 5.30. The van der Waals surface area contributed by atoms with Crippen LogP contribution in [0.2, 0.25) is 5.02 Å². The zero-order valence-electron chi connectivity index (χ0n) is 16.2. The van der Waals surface area contributed by atoms with Crippen LogP contribution in [0.5, 0.6) is 0 Å². The van der Waals surface area contributed by atoms with Crippen LogP contribution in [-0.2, 0) is 15.0 Å². The number of hydrogen-bond donors (Lipinski definition) is 2. The van der Waals surface area contributed by atoms with E-state index in [1.807, 2.05) is 31.2 Å². The lowest BCUT2D eigenvalue weighted by Gasteiger charge is -2.24. The number of halogens is 1. The van der Waals surface area contributed by atoms with Crippen molar-refractivity contribution in [1.82, 2.24) is 0 Å². The number of hydrogen-bond acceptors (Lipinski definition) is 2. The second-order valence-corrected chi connectivity index (χ2v) is 8.68. The zero-order chi connectivity index (χ0) is 19.8. The number of anilines is 2. The van der Waals surface area contributed by atoms with E-state index in [4.69, 9.17) is 11.6 Å². The van der Waals surface area contributed by atoms with Crippen molar-refractivity contribution in [2.45, 2.75) is 46.0 Å². The Hall–Kier alpha value is -2.33. The number of amides is 2. The largest absolute Gasteiger partial charge is 0.325 e. The molecule has 1 fully saturated rings. The average Bonchev–Trinajstić information content (AvgIpc) is 3.39. The van der Waals surface area contributed by atoms with E-state index in [1.54, 1.807) is 18.2 Å². The molecule has 0 spiro atoms. The third kappa shape index (κ3) is 4.01. The second kappa shape index (κ2) is 7.01. The van der Waals surface area contributed by atoms with Crippen molar-refractivity contribution in [2.24, 2.45) is 5.41 Å². The molecule has 4 nitrogen and oxygen atoms in total. The topological polar surface area (TPSA) is 58.2 Å². The van der Waals surface area contributed by atoms with Gasteiger partial charge in [0, 0.05) is 16.4 Å². The smallest absolute Gasteiger partial charge is 0.240 e. The normalized spacial score (nSPS) is 15.1. The Bertz CT molecular complexity index is 895. The van der Waals surface area contributed by atoms with Crippen LogP contribution in [0.3, 0.4) is 0 Å². The Morgan fingerprint density at radius 2 is 1.56 bits per heavy atom. The van der Waals surface area contributed by atoms with Crippen molar-refractivity contribution >= 4 is 34.8 Å². The molecule has 142 valence electrons. The van der Waals surface area contributed by atoms with Crippen LogP contribution in [0.25, 0.3) is 0 Å². The van der Waals surface area contributed by atoms with E-state index in [0.717, 1.165) is 16.8 Å². The van der Waals surface area contributed by atoms with E-state index < -0.39 is 5.41 Å². The van der Waals surface area contributed by atoms with Gasteiger partial charge in [-0.1, -0.05) is 50.6 Å². The highest BCUT2D eigenvalue weighted by Crippen LogP contribution is 2.48. The maximum atomic E-state index is 13.0. The molecule has 27 heavy (non-hydrogen) atoms. The molecule has 0 radical (unpaired) electrons. The van der Waals surface area contributed by atoms with Crippen molar-refractivity contribution in [1.29, 1.82) is 0 Å². The molecule has 0 aromatic heterocycles. The number of carbonyl (C=O) groups is 2. The Balaban J connectivity index is 1.78. The highest BCUT2D eigenvalue weighted by molar-refractivity contribution is 6.30. The molecule has 1 aliphatic rings. The summed E-state index contributed by atoms with van der Waals surface area (Å²) in [6.45, 7) is 8.17. The lowest BCUT2D eigenvalue weighted by Crippen LogP contribution is -2.36. The average molecular weight is 385 g/mol. The molecular weight excluding hydrogens is 360 g/mol. The van der Waals surface area contributed by atoms with Crippen LogP contribution in [0.15, 0.2) is 42.5 Å². The van der Waals surface area contributed by atoms with E-state index in [1.165, 1.54) is 0 Å². The fourth-order valence-corrected chi connectivity index (χ4v) is 3.41. The summed E-state index contributed by atoms with van der Waals surface area (Å²) < 4.78 is 0. The van der Waals surface area contributed by atoms with E-state index >= 15 is 0 Å². The fourth-order valence-electron chi connectivity index (χ4n) is 3.18. The van der Waals surface area contributed by atoms with Crippen molar-refractivity contribution in [3.05, 3.63) is 58.6 Å². The third-order valence-electron chi connectivity index (χ3n) is 5.04. The molecule has 3 rings (SSSR count). The van der Waals surface area contributed by atoms with Gasteiger partial charge < -0.3 is 10.6 Å². The van der Waals surface area contributed by atoms with Crippen molar-refractivity contribution in [3.8, 4) is 0 Å². The number of rotatable bonds is 4. The van der Waals surface area contributed by atoms with E-state index in [9.17, 15) is 9.59 Å². The summed E-state index contributed by atoms with van der Waals surface area (Å²) in [5, 5.41) is 6.50. The van der Waals surface area contributed by atoms with Crippen molar-refractivity contribution in [3.63, 3.8) is 0 Å². The number of aryl methyl sites for hydroxylation is 1. The first-order valence-corrected chi connectivity index (χ1v) is 9.50. The first kappa shape index (κ1) is 19.4. The molecule has 1 aliphatic carbocycles. The van der Waals surface area contributed by atoms with Gasteiger partial charge in [0.1, 0.15) is 5.41 Å². The van der Waals surface area contributed by atoms with Gasteiger partial charge in [-0.25, -0.2) is 0 Å². The van der Waals surface area contributed by atoms with Gasteiger partial charge in [0.05, 0.1) is 0 Å². The number of nitrogens with one attached hydrogen (secondary N) is 2. The van der Waals surface area contributed by atoms with Gasteiger partial charge in [0.2, 0.25) is 11.8 Å². The first-order valence-electron chi connectivity index (χ1n) is 9.12. The summed E-state index contributed by atoms with van der Waals surface area (Å²) in [5.41, 5.74) is 2.24. The van der Waals surface area contributed by atoms with E-state index in [2.05, 4.69) is 31.4 Å². The molecule has 0 atom stereocenters. The molecule has 0 aliphatic heterocycles. The van der Waals surface area contributed by atoms with Crippen molar-refractivity contribution in [2.75, 3.05) is 10.6 Å². The van der Waals surface area contributed by atoms with Crippen LogP contribution in [0.4, 0.5) is 11.4 Å². The number of carbonyl (C=O) groups excluding carboxylic acids is 2. The predicted molar refractivity (Wildman–Crippen MR) is 110 cm³/mol. The minimum Gasteiger partial charge on any atom is -0.325 e. The monoisotopic (exact) mass is 384 g/mol. The molecule has 0 heterocycles. The maximum Gasteiger partial charge on any atom is 0.240 e. The van der Waals surface area contributed by atoms with Crippen LogP contribution >= 0.6 is 11.6 Å². The highest BCUT2D eigenvalue weighted by atomic mass is 35.5. The molecule has 0 bridgehead atoms. The molecule has 5 heteroatoms. The van der Waals surface area contributed by atoms with Gasteiger partial charge in [-0.3, -0.25) is 9.59 Å². The van der Waals surface area contributed by atoms with Crippen LogP contribution in [0.1, 0.15) is 44.7 Å². The van der Waals surface area contributed by atoms with Gasteiger partial charge in [0.25, 0.3) is 0 Å². The number of para-hydroxylation sites is 1. The van der Waals surface area contributed by atoms with Gasteiger partial charge in [0.15, 0.2) is 0 Å². The minimum absolute atomic E-state index is 0.108. The molecule has 0 saturated heterocycles. The molecule has 2 aromatic rings. The summed E-state index contributed by atoms with van der Waals surface area (Å²) in [4.78, 5) is 25.8. The maximum absolute atomic E-state index is 13.0. The fraction of sp³-hybridized carbons (Fsp3) is 0.364. The van der Waals surface area contributed by atoms with E-state index in [0.29, 0.717) is 23.6 Å². The third-order valence-corrected chi connectivity index (χ3v) is 5.27. The molecule has 0 unspecified atom stereocenters. The first-order chi connectivity index (χ1) is 12.6. The van der Waals surface area contributed by atoms with E-state index in [-0.39, 0.29) is 17.2 Å². The van der Waals surface area contributed by atoms with Crippen LogP contribution in [0, 0.1) is 12.3 Å². The standard InChI is InChI=1S/C22H25ClN2O2/c1-14-13-15(23)9-10-17(14)24-19(26)22(11-12-22)20(27)25-18-8-6-5-7-16(18)21(2,3)4/h5-10,13H,11-12H2,1-4H3,(H,24,26)(H,25,27).